The Hall–Kier alpha value is -0.470. The first kappa shape index (κ1) is 8.14. The second-order valence-electron chi connectivity index (χ2n) is 3.83. The van der Waals surface area contributed by atoms with Gasteiger partial charge in [0.2, 0.25) is 0 Å². The van der Waals surface area contributed by atoms with Crippen molar-refractivity contribution in [3.63, 3.8) is 0 Å². The topological polar surface area (TPSA) is 12.0 Å². The van der Waals surface area contributed by atoms with E-state index in [1.165, 1.54) is 16.0 Å². The van der Waals surface area contributed by atoms with Crippen molar-refractivity contribution in [3.05, 3.63) is 29.3 Å². The van der Waals surface area contributed by atoms with Gasteiger partial charge in [-0.15, -0.1) is 0 Å². The molecule has 0 fully saturated rings. The standard InChI is InChI=1S/C10H13NS/c1-7-4-5-9-8(6-7)10(2,3)11-12-9/h4-6,11H,1-3H3. The van der Waals surface area contributed by atoms with Crippen LogP contribution in [0.25, 0.3) is 0 Å². The molecule has 1 aromatic carbocycles. The molecule has 1 N–H and O–H groups in total. The summed E-state index contributed by atoms with van der Waals surface area (Å²) in [5, 5.41) is 0. The van der Waals surface area contributed by atoms with E-state index in [4.69, 9.17) is 0 Å². The average molecular weight is 179 g/mol. The quantitative estimate of drug-likeness (QED) is 0.615. The molecule has 64 valence electrons. The van der Waals surface area contributed by atoms with E-state index in [1.807, 2.05) is 0 Å². The summed E-state index contributed by atoms with van der Waals surface area (Å²) in [6, 6.07) is 6.62. The Labute approximate surface area is 77.7 Å². The Morgan fingerprint density at radius 1 is 1.33 bits per heavy atom. The van der Waals surface area contributed by atoms with Crippen LogP contribution in [0.1, 0.15) is 25.0 Å². The third-order valence-corrected chi connectivity index (χ3v) is 3.41. The molecule has 2 heteroatoms. The fourth-order valence-corrected chi connectivity index (χ4v) is 2.49. The van der Waals surface area contributed by atoms with Crippen LogP contribution in [0, 0.1) is 6.92 Å². The minimum atomic E-state index is 0.131. The van der Waals surface area contributed by atoms with Gasteiger partial charge in [0.05, 0.1) is 0 Å². The maximum atomic E-state index is 3.41. The summed E-state index contributed by atoms with van der Waals surface area (Å²) in [5.74, 6) is 0. The van der Waals surface area contributed by atoms with Gasteiger partial charge < -0.3 is 0 Å². The van der Waals surface area contributed by atoms with Crippen LogP contribution in [0.15, 0.2) is 23.1 Å². The molecule has 2 rings (SSSR count). The molecular weight excluding hydrogens is 166 g/mol. The molecule has 0 saturated carbocycles. The zero-order valence-electron chi connectivity index (χ0n) is 7.64. The number of aryl methyl sites for hydroxylation is 1. The molecule has 1 aliphatic heterocycles. The van der Waals surface area contributed by atoms with Gasteiger partial charge in [-0.3, -0.25) is 0 Å². The van der Waals surface area contributed by atoms with Gasteiger partial charge in [0, 0.05) is 10.4 Å². The molecule has 1 aliphatic rings. The van der Waals surface area contributed by atoms with Crippen molar-refractivity contribution in [2.75, 3.05) is 0 Å². The number of benzene rings is 1. The predicted octanol–water partition coefficient (Wildman–Crippen LogP) is 2.84. The van der Waals surface area contributed by atoms with Crippen LogP contribution < -0.4 is 4.72 Å². The molecule has 0 unspecified atom stereocenters. The molecule has 0 bridgehead atoms. The highest BCUT2D eigenvalue weighted by Crippen LogP contribution is 2.38. The van der Waals surface area contributed by atoms with Gasteiger partial charge >= 0.3 is 0 Å². The highest BCUT2D eigenvalue weighted by Gasteiger charge is 2.29. The lowest BCUT2D eigenvalue weighted by Crippen LogP contribution is -2.26. The molecule has 1 nitrogen and oxygen atoms in total. The first-order chi connectivity index (χ1) is 5.59. The van der Waals surface area contributed by atoms with Crippen molar-refractivity contribution in [2.24, 2.45) is 0 Å². The summed E-state index contributed by atoms with van der Waals surface area (Å²) in [7, 11) is 0. The van der Waals surface area contributed by atoms with Crippen LogP contribution >= 0.6 is 11.9 Å². The highest BCUT2D eigenvalue weighted by molar-refractivity contribution is 7.97. The van der Waals surface area contributed by atoms with E-state index >= 15 is 0 Å². The van der Waals surface area contributed by atoms with Gasteiger partial charge in [0.25, 0.3) is 0 Å². The van der Waals surface area contributed by atoms with Crippen molar-refractivity contribution in [1.29, 1.82) is 0 Å². The summed E-state index contributed by atoms with van der Waals surface area (Å²) in [4.78, 5) is 1.37. The van der Waals surface area contributed by atoms with Crippen molar-refractivity contribution < 1.29 is 0 Å². The number of fused-ring (bicyclic) bond motifs is 1. The summed E-state index contributed by atoms with van der Waals surface area (Å²) in [6.07, 6.45) is 0. The third-order valence-electron chi connectivity index (χ3n) is 2.22. The van der Waals surface area contributed by atoms with E-state index in [9.17, 15) is 0 Å². The lowest BCUT2D eigenvalue weighted by atomic mass is 9.94. The summed E-state index contributed by atoms with van der Waals surface area (Å²) in [6.45, 7) is 6.57. The van der Waals surface area contributed by atoms with E-state index in [1.54, 1.807) is 11.9 Å². The number of hydrogen-bond donors (Lipinski definition) is 1. The Morgan fingerprint density at radius 3 is 2.83 bits per heavy atom. The monoisotopic (exact) mass is 179 g/mol. The molecule has 0 spiro atoms. The number of rotatable bonds is 0. The number of hydrogen-bond acceptors (Lipinski definition) is 2. The van der Waals surface area contributed by atoms with Crippen LogP contribution in [0.3, 0.4) is 0 Å². The second-order valence-corrected chi connectivity index (χ2v) is 4.68. The van der Waals surface area contributed by atoms with E-state index < -0.39 is 0 Å². The lowest BCUT2D eigenvalue weighted by molar-refractivity contribution is 0.516. The van der Waals surface area contributed by atoms with Crippen LogP contribution in [-0.2, 0) is 5.54 Å². The van der Waals surface area contributed by atoms with Gasteiger partial charge in [-0.05, 0) is 44.3 Å². The minimum Gasteiger partial charge on any atom is -0.250 e. The Kier molecular flexibility index (Phi) is 1.70. The lowest BCUT2D eigenvalue weighted by Gasteiger charge is -2.18. The fraction of sp³-hybridized carbons (Fsp3) is 0.400. The predicted molar refractivity (Wildman–Crippen MR) is 53.2 cm³/mol. The molecule has 1 aromatic rings. The summed E-state index contributed by atoms with van der Waals surface area (Å²) < 4.78 is 3.41. The Morgan fingerprint density at radius 2 is 2.08 bits per heavy atom. The second kappa shape index (κ2) is 2.51. The van der Waals surface area contributed by atoms with Crippen molar-refractivity contribution in [1.82, 2.24) is 4.72 Å². The van der Waals surface area contributed by atoms with Gasteiger partial charge in [-0.2, -0.15) is 0 Å². The smallest absolute Gasteiger partial charge is 0.0490 e. The van der Waals surface area contributed by atoms with E-state index in [-0.39, 0.29) is 5.54 Å². The summed E-state index contributed by atoms with van der Waals surface area (Å²) in [5.41, 5.74) is 2.89. The fourth-order valence-electron chi connectivity index (χ4n) is 1.46. The molecule has 0 aromatic heterocycles. The van der Waals surface area contributed by atoms with Gasteiger partial charge in [0.15, 0.2) is 0 Å². The molecule has 0 amide bonds. The Bertz CT molecular complexity index is 318. The minimum absolute atomic E-state index is 0.131. The first-order valence-electron chi connectivity index (χ1n) is 4.15. The Balaban J connectivity index is 2.57. The van der Waals surface area contributed by atoms with E-state index in [2.05, 4.69) is 43.7 Å². The number of nitrogens with one attached hydrogen (secondary N) is 1. The molecule has 0 saturated heterocycles. The molecule has 0 radical (unpaired) electrons. The zero-order chi connectivity index (χ0) is 8.77. The summed E-state index contributed by atoms with van der Waals surface area (Å²) >= 11 is 1.73. The van der Waals surface area contributed by atoms with Crippen LogP contribution in [0.2, 0.25) is 0 Å². The molecule has 0 aliphatic carbocycles. The third kappa shape index (κ3) is 1.15. The molecule has 1 heterocycles. The van der Waals surface area contributed by atoms with Gasteiger partial charge in [-0.1, -0.05) is 17.7 Å². The van der Waals surface area contributed by atoms with E-state index in [0.717, 1.165) is 0 Å². The van der Waals surface area contributed by atoms with Crippen molar-refractivity contribution >= 4 is 11.9 Å². The maximum Gasteiger partial charge on any atom is 0.0490 e. The van der Waals surface area contributed by atoms with Gasteiger partial charge in [0.1, 0.15) is 0 Å². The largest absolute Gasteiger partial charge is 0.250 e. The van der Waals surface area contributed by atoms with Crippen LogP contribution in [-0.4, -0.2) is 0 Å². The molecule has 0 atom stereocenters. The van der Waals surface area contributed by atoms with Crippen LogP contribution in [0.5, 0.6) is 0 Å². The normalized spacial score (nSPS) is 19.2. The zero-order valence-corrected chi connectivity index (χ0v) is 8.46. The SMILES string of the molecule is Cc1ccc2c(c1)C(C)(C)NS2. The maximum absolute atomic E-state index is 3.41. The average Bonchev–Trinajstić information content (AvgIpc) is 2.28. The van der Waals surface area contributed by atoms with E-state index in [0.29, 0.717) is 0 Å². The van der Waals surface area contributed by atoms with Crippen LogP contribution in [0.4, 0.5) is 0 Å². The highest BCUT2D eigenvalue weighted by atomic mass is 32.2. The molecular formula is C10H13NS. The van der Waals surface area contributed by atoms with Crippen molar-refractivity contribution in [2.45, 2.75) is 31.2 Å². The first-order valence-corrected chi connectivity index (χ1v) is 4.96. The molecule has 12 heavy (non-hydrogen) atoms. The van der Waals surface area contributed by atoms with Crippen molar-refractivity contribution in [3.8, 4) is 0 Å². The van der Waals surface area contributed by atoms with Gasteiger partial charge in [-0.25, -0.2) is 4.72 Å².